The van der Waals surface area contributed by atoms with Gasteiger partial charge in [-0.2, -0.15) is 0 Å². The first-order chi connectivity index (χ1) is 13.1. The molecule has 0 aliphatic carbocycles. The third-order valence-electron chi connectivity index (χ3n) is 5.37. The average Bonchev–Trinajstić information content (AvgIpc) is 2.84. The lowest BCUT2D eigenvalue weighted by Crippen LogP contribution is -2.41. The second-order valence-electron chi connectivity index (χ2n) is 7.94. The van der Waals surface area contributed by atoms with Gasteiger partial charge in [0.05, 0.1) is 11.2 Å². The highest BCUT2D eigenvalue weighted by atomic mass is 19.1. The smallest absolute Gasteiger partial charge is 0.444 e. The lowest BCUT2D eigenvalue weighted by molar-refractivity contribution is 0.00578. The number of carbonyl (C=O) groups is 1. The number of carbonyl (C=O) groups excluding carboxylic acids is 1. The van der Waals surface area contributed by atoms with E-state index in [1.807, 2.05) is 58.0 Å². The average molecular weight is 385 g/mol. The summed E-state index contributed by atoms with van der Waals surface area (Å²) >= 11 is 0. The van der Waals surface area contributed by atoms with E-state index in [1.165, 1.54) is 12.1 Å². The molecule has 3 rings (SSSR count). The maximum absolute atomic E-state index is 14.2. The van der Waals surface area contributed by atoms with Crippen molar-refractivity contribution in [2.24, 2.45) is 0 Å². The van der Waals surface area contributed by atoms with Crippen LogP contribution in [0.3, 0.4) is 0 Å². The largest absolute Gasteiger partial charge is 0.495 e. The van der Waals surface area contributed by atoms with Crippen molar-refractivity contribution in [3.05, 3.63) is 59.4 Å². The molecule has 28 heavy (non-hydrogen) atoms. The molecule has 0 atom stereocenters. The van der Waals surface area contributed by atoms with Crippen LogP contribution in [0.4, 0.5) is 14.9 Å². The quantitative estimate of drug-likeness (QED) is 0.803. The van der Waals surface area contributed by atoms with E-state index >= 15 is 0 Å². The van der Waals surface area contributed by atoms with Crippen LogP contribution in [-0.2, 0) is 20.7 Å². The Morgan fingerprint density at radius 3 is 2.32 bits per heavy atom. The lowest BCUT2D eigenvalue weighted by atomic mass is 9.75. The Bertz CT molecular complexity index is 854. The minimum atomic E-state index is -0.721. The second-order valence-corrected chi connectivity index (χ2v) is 7.94. The number of nitrogens with one attached hydrogen (secondary N) is 1. The first-order valence-corrected chi connectivity index (χ1v) is 9.22. The summed E-state index contributed by atoms with van der Waals surface area (Å²) in [6, 6.07) is 12.0. The van der Waals surface area contributed by atoms with Gasteiger partial charge in [0.15, 0.2) is 0 Å². The molecule has 1 amide bonds. The van der Waals surface area contributed by atoms with E-state index in [1.54, 1.807) is 6.92 Å². The Morgan fingerprint density at radius 2 is 1.71 bits per heavy atom. The summed E-state index contributed by atoms with van der Waals surface area (Å²) in [5.74, 6) is -0.492. The fourth-order valence-electron chi connectivity index (χ4n) is 2.91. The van der Waals surface area contributed by atoms with E-state index in [4.69, 9.17) is 14.0 Å². The first-order valence-electron chi connectivity index (χ1n) is 9.22. The fraction of sp³-hybridized carbons (Fsp3) is 0.381. The molecule has 1 fully saturated rings. The number of ether oxygens (including phenoxy) is 1. The van der Waals surface area contributed by atoms with E-state index in [0.29, 0.717) is 16.7 Å². The molecule has 1 heterocycles. The predicted molar refractivity (Wildman–Crippen MR) is 107 cm³/mol. The van der Waals surface area contributed by atoms with Crippen LogP contribution in [0, 0.1) is 12.7 Å². The summed E-state index contributed by atoms with van der Waals surface area (Å²) in [6.45, 7) is 9.64. The van der Waals surface area contributed by atoms with Crippen molar-refractivity contribution in [1.29, 1.82) is 0 Å². The summed E-state index contributed by atoms with van der Waals surface area (Å²) in [4.78, 5) is 12.2. The predicted octanol–water partition coefficient (Wildman–Crippen LogP) is 4.18. The Labute approximate surface area is 165 Å². The number of halogens is 1. The van der Waals surface area contributed by atoms with Crippen molar-refractivity contribution >= 4 is 24.4 Å². The highest BCUT2D eigenvalue weighted by Crippen LogP contribution is 2.37. The van der Waals surface area contributed by atoms with E-state index in [-0.39, 0.29) is 6.61 Å². The fourth-order valence-corrected chi connectivity index (χ4v) is 2.91. The SMILES string of the molecule is Cc1c(NC(=O)OCc2ccccc2)cc(F)cc1B1OC(C)(C)C(C)(C)O1. The number of hydrogen-bond acceptors (Lipinski definition) is 4. The molecule has 2 aromatic rings. The topological polar surface area (TPSA) is 56.8 Å². The molecule has 0 saturated carbocycles. The molecular formula is C21H25BFNO4. The van der Waals surface area contributed by atoms with Gasteiger partial charge in [0, 0.05) is 5.69 Å². The standard InChI is InChI=1S/C21H25BFNO4/c1-14-17(22-27-20(2,3)21(4,5)28-22)11-16(23)12-18(14)24-19(25)26-13-15-9-7-6-8-10-15/h6-12H,13H2,1-5H3,(H,24,25). The zero-order chi connectivity index (χ0) is 20.5. The van der Waals surface area contributed by atoms with Crippen molar-refractivity contribution in [1.82, 2.24) is 0 Å². The first kappa shape index (κ1) is 20.4. The molecule has 5 nitrogen and oxygen atoms in total. The number of hydrogen-bond donors (Lipinski definition) is 1. The molecule has 0 aromatic heterocycles. The Kier molecular flexibility index (Phi) is 5.50. The van der Waals surface area contributed by atoms with Crippen LogP contribution in [0.2, 0.25) is 0 Å². The number of amides is 1. The Hall–Kier alpha value is -2.38. The van der Waals surface area contributed by atoms with Crippen LogP contribution in [0.5, 0.6) is 0 Å². The molecule has 1 N–H and O–H groups in total. The summed E-state index contributed by atoms with van der Waals surface area (Å²) in [5.41, 5.74) is 1.31. The highest BCUT2D eigenvalue weighted by Gasteiger charge is 2.52. The van der Waals surface area contributed by atoms with Crippen LogP contribution in [0.1, 0.15) is 38.8 Å². The van der Waals surface area contributed by atoms with Gasteiger partial charge in [0.25, 0.3) is 0 Å². The lowest BCUT2D eigenvalue weighted by Gasteiger charge is -2.32. The van der Waals surface area contributed by atoms with Gasteiger partial charge in [-0.3, -0.25) is 5.32 Å². The summed E-state index contributed by atoms with van der Waals surface area (Å²) in [7, 11) is -0.721. The van der Waals surface area contributed by atoms with E-state index < -0.39 is 30.2 Å². The van der Waals surface area contributed by atoms with E-state index in [2.05, 4.69) is 5.32 Å². The molecule has 0 bridgehead atoms. The minimum Gasteiger partial charge on any atom is -0.444 e. The molecular weight excluding hydrogens is 360 g/mol. The molecule has 0 radical (unpaired) electrons. The summed E-state index contributed by atoms with van der Waals surface area (Å²) in [5, 5.41) is 2.61. The van der Waals surface area contributed by atoms with Gasteiger partial charge < -0.3 is 14.0 Å². The van der Waals surface area contributed by atoms with Gasteiger partial charge in [-0.25, -0.2) is 9.18 Å². The number of benzene rings is 2. The molecule has 2 aromatic carbocycles. The van der Waals surface area contributed by atoms with Crippen molar-refractivity contribution < 1.29 is 23.2 Å². The molecule has 148 valence electrons. The van der Waals surface area contributed by atoms with Gasteiger partial charge in [-0.05, 0) is 63.3 Å². The van der Waals surface area contributed by atoms with Crippen molar-refractivity contribution in [2.75, 3.05) is 5.32 Å². The van der Waals surface area contributed by atoms with E-state index in [0.717, 1.165) is 5.56 Å². The monoisotopic (exact) mass is 385 g/mol. The van der Waals surface area contributed by atoms with Crippen LogP contribution in [0.15, 0.2) is 42.5 Å². The second kappa shape index (κ2) is 7.56. The van der Waals surface area contributed by atoms with Crippen molar-refractivity contribution in [3.63, 3.8) is 0 Å². The molecule has 7 heteroatoms. The summed E-state index contributed by atoms with van der Waals surface area (Å²) < 4.78 is 31.5. The third-order valence-corrected chi connectivity index (χ3v) is 5.37. The molecule has 1 aliphatic heterocycles. The minimum absolute atomic E-state index is 0.130. The van der Waals surface area contributed by atoms with Gasteiger partial charge in [0.1, 0.15) is 12.4 Å². The Balaban J connectivity index is 1.75. The zero-order valence-electron chi connectivity index (χ0n) is 16.8. The van der Waals surface area contributed by atoms with Gasteiger partial charge in [-0.1, -0.05) is 30.3 Å². The normalized spacial score (nSPS) is 17.4. The third kappa shape index (κ3) is 4.21. The van der Waals surface area contributed by atoms with Gasteiger partial charge in [-0.15, -0.1) is 0 Å². The number of anilines is 1. The Morgan fingerprint density at radius 1 is 1.11 bits per heavy atom. The van der Waals surface area contributed by atoms with Crippen LogP contribution < -0.4 is 10.8 Å². The molecule has 0 spiro atoms. The van der Waals surface area contributed by atoms with Crippen LogP contribution in [0.25, 0.3) is 0 Å². The molecule has 1 saturated heterocycles. The highest BCUT2D eigenvalue weighted by molar-refractivity contribution is 6.62. The van der Waals surface area contributed by atoms with Crippen molar-refractivity contribution in [3.8, 4) is 0 Å². The maximum Gasteiger partial charge on any atom is 0.495 e. The van der Waals surface area contributed by atoms with E-state index in [9.17, 15) is 9.18 Å². The maximum atomic E-state index is 14.2. The van der Waals surface area contributed by atoms with Crippen molar-refractivity contribution in [2.45, 2.75) is 52.4 Å². The van der Waals surface area contributed by atoms with Gasteiger partial charge >= 0.3 is 13.2 Å². The van der Waals surface area contributed by atoms with Crippen LogP contribution in [-0.4, -0.2) is 24.4 Å². The van der Waals surface area contributed by atoms with Gasteiger partial charge in [0.2, 0.25) is 0 Å². The van der Waals surface area contributed by atoms with Crippen LogP contribution >= 0.6 is 0 Å². The summed E-state index contributed by atoms with van der Waals surface area (Å²) in [6.07, 6.45) is -0.655. The molecule has 1 aliphatic rings. The number of rotatable bonds is 4. The molecule has 0 unspecified atom stereocenters. The zero-order valence-corrected chi connectivity index (χ0v) is 16.8.